The third kappa shape index (κ3) is 3.95. The van der Waals surface area contributed by atoms with Crippen LogP contribution < -0.4 is 10.1 Å². The van der Waals surface area contributed by atoms with E-state index < -0.39 is 0 Å². The fraction of sp³-hybridized carbons (Fsp3) is 0.333. The SMILES string of the molecule is COc1ccccc1NC(=O)CN1CCC(c2nc3ccccc3[nH]2)CC1. The highest BCUT2D eigenvalue weighted by molar-refractivity contribution is 5.93. The molecule has 1 saturated heterocycles. The van der Waals surface area contributed by atoms with Crippen molar-refractivity contribution < 1.29 is 9.53 Å². The first-order valence-corrected chi connectivity index (χ1v) is 9.33. The molecule has 1 fully saturated rings. The fourth-order valence-corrected chi connectivity index (χ4v) is 3.67. The lowest BCUT2D eigenvalue weighted by Crippen LogP contribution is -2.38. The summed E-state index contributed by atoms with van der Waals surface area (Å²) in [6, 6.07) is 15.6. The molecule has 2 aromatic carbocycles. The first-order chi connectivity index (χ1) is 13.2. The number of benzene rings is 2. The predicted molar refractivity (Wildman–Crippen MR) is 106 cm³/mol. The van der Waals surface area contributed by atoms with Crippen LogP contribution in [0.15, 0.2) is 48.5 Å². The van der Waals surface area contributed by atoms with Crippen molar-refractivity contribution in [2.75, 3.05) is 32.1 Å². The number of para-hydroxylation sites is 4. The largest absolute Gasteiger partial charge is 0.495 e. The Bertz CT molecular complexity index is 896. The van der Waals surface area contributed by atoms with Gasteiger partial charge in [-0.1, -0.05) is 24.3 Å². The van der Waals surface area contributed by atoms with Crippen molar-refractivity contribution in [3.63, 3.8) is 0 Å². The molecule has 2 N–H and O–H groups in total. The van der Waals surface area contributed by atoms with E-state index in [1.165, 1.54) is 0 Å². The number of fused-ring (bicyclic) bond motifs is 1. The molecule has 3 aromatic rings. The summed E-state index contributed by atoms with van der Waals surface area (Å²) in [6.45, 7) is 2.17. The zero-order chi connectivity index (χ0) is 18.6. The predicted octanol–water partition coefficient (Wildman–Crippen LogP) is 3.39. The molecule has 4 rings (SSSR count). The van der Waals surface area contributed by atoms with Crippen molar-refractivity contribution in [3.05, 3.63) is 54.4 Å². The molecule has 0 radical (unpaired) electrons. The monoisotopic (exact) mass is 364 g/mol. The maximum Gasteiger partial charge on any atom is 0.238 e. The van der Waals surface area contributed by atoms with E-state index in [4.69, 9.17) is 9.72 Å². The molecule has 0 saturated carbocycles. The van der Waals surface area contributed by atoms with Crippen molar-refractivity contribution >= 4 is 22.6 Å². The van der Waals surface area contributed by atoms with E-state index in [0.717, 1.165) is 42.8 Å². The van der Waals surface area contributed by atoms with Gasteiger partial charge in [0.2, 0.25) is 5.91 Å². The number of carbonyl (C=O) groups excluding carboxylic acids is 1. The molecule has 0 spiro atoms. The summed E-state index contributed by atoms with van der Waals surface area (Å²) >= 11 is 0. The van der Waals surface area contributed by atoms with Gasteiger partial charge in [-0.2, -0.15) is 0 Å². The number of hydrogen-bond acceptors (Lipinski definition) is 4. The summed E-state index contributed by atoms with van der Waals surface area (Å²) in [5.74, 6) is 2.15. The normalized spacial score (nSPS) is 15.7. The van der Waals surface area contributed by atoms with E-state index in [9.17, 15) is 4.79 Å². The molecule has 6 nitrogen and oxygen atoms in total. The molecule has 1 aromatic heterocycles. The second-order valence-electron chi connectivity index (χ2n) is 6.94. The van der Waals surface area contributed by atoms with Crippen molar-refractivity contribution in [1.82, 2.24) is 14.9 Å². The maximum absolute atomic E-state index is 12.4. The number of carbonyl (C=O) groups is 1. The Morgan fingerprint density at radius 2 is 1.93 bits per heavy atom. The molecule has 140 valence electrons. The molecule has 27 heavy (non-hydrogen) atoms. The minimum Gasteiger partial charge on any atom is -0.495 e. The van der Waals surface area contributed by atoms with E-state index in [2.05, 4.69) is 21.3 Å². The number of piperidine rings is 1. The Morgan fingerprint density at radius 3 is 2.70 bits per heavy atom. The molecule has 1 aliphatic heterocycles. The van der Waals surface area contributed by atoms with Gasteiger partial charge >= 0.3 is 0 Å². The highest BCUT2D eigenvalue weighted by Gasteiger charge is 2.24. The topological polar surface area (TPSA) is 70.2 Å². The van der Waals surface area contributed by atoms with Crippen LogP contribution in [0.2, 0.25) is 0 Å². The third-order valence-electron chi connectivity index (χ3n) is 5.13. The van der Waals surface area contributed by atoms with E-state index in [1.807, 2.05) is 42.5 Å². The van der Waals surface area contributed by atoms with Crippen molar-refractivity contribution in [3.8, 4) is 5.75 Å². The molecule has 1 amide bonds. The molecule has 0 aliphatic carbocycles. The Labute approximate surface area is 158 Å². The number of ether oxygens (including phenoxy) is 1. The molecule has 2 heterocycles. The van der Waals surface area contributed by atoms with Crippen LogP contribution in [0.3, 0.4) is 0 Å². The van der Waals surface area contributed by atoms with Crippen LogP contribution in [0.5, 0.6) is 5.75 Å². The van der Waals surface area contributed by atoms with Crippen LogP contribution in [0, 0.1) is 0 Å². The van der Waals surface area contributed by atoms with Crippen LogP contribution in [0.25, 0.3) is 11.0 Å². The number of likely N-dealkylation sites (tertiary alicyclic amines) is 1. The molecule has 6 heteroatoms. The van der Waals surface area contributed by atoms with Gasteiger partial charge < -0.3 is 15.0 Å². The number of methoxy groups -OCH3 is 1. The van der Waals surface area contributed by atoms with Crippen LogP contribution in [0.4, 0.5) is 5.69 Å². The van der Waals surface area contributed by atoms with Gasteiger partial charge in [0.1, 0.15) is 11.6 Å². The van der Waals surface area contributed by atoms with Crippen molar-refractivity contribution in [2.45, 2.75) is 18.8 Å². The number of amides is 1. The Morgan fingerprint density at radius 1 is 1.19 bits per heavy atom. The maximum atomic E-state index is 12.4. The van der Waals surface area contributed by atoms with Crippen LogP contribution in [-0.4, -0.2) is 47.5 Å². The summed E-state index contributed by atoms with van der Waals surface area (Å²) in [5.41, 5.74) is 2.82. The summed E-state index contributed by atoms with van der Waals surface area (Å²) in [5, 5.41) is 2.95. The van der Waals surface area contributed by atoms with E-state index in [0.29, 0.717) is 23.9 Å². The van der Waals surface area contributed by atoms with Gasteiger partial charge in [-0.25, -0.2) is 4.98 Å². The average molecular weight is 364 g/mol. The highest BCUT2D eigenvalue weighted by atomic mass is 16.5. The lowest BCUT2D eigenvalue weighted by molar-refractivity contribution is -0.117. The third-order valence-corrected chi connectivity index (χ3v) is 5.13. The van der Waals surface area contributed by atoms with E-state index in [-0.39, 0.29) is 5.91 Å². The fourth-order valence-electron chi connectivity index (χ4n) is 3.67. The Kier molecular flexibility index (Phi) is 5.07. The van der Waals surface area contributed by atoms with Gasteiger partial charge in [0.05, 0.1) is 30.4 Å². The highest BCUT2D eigenvalue weighted by Crippen LogP contribution is 2.28. The van der Waals surface area contributed by atoms with Crippen molar-refractivity contribution in [2.24, 2.45) is 0 Å². The second kappa shape index (κ2) is 7.80. The summed E-state index contributed by atoms with van der Waals surface area (Å²) in [6.07, 6.45) is 2.00. The van der Waals surface area contributed by atoms with Gasteiger partial charge in [0.15, 0.2) is 0 Å². The molecule has 0 unspecified atom stereocenters. The number of nitrogens with one attached hydrogen (secondary N) is 2. The van der Waals surface area contributed by atoms with Crippen LogP contribution in [0.1, 0.15) is 24.6 Å². The van der Waals surface area contributed by atoms with Gasteiger partial charge in [-0.05, 0) is 50.2 Å². The smallest absolute Gasteiger partial charge is 0.238 e. The second-order valence-corrected chi connectivity index (χ2v) is 6.94. The number of H-pyrrole nitrogens is 1. The van der Waals surface area contributed by atoms with Gasteiger partial charge in [0, 0.05) is 5.92 Å². The summed E-state index contributed by atoms with van der Waals surface area (Å²) in [7, 11) is 1.60. The molecule has 1 aliphatic rings. The Balaban J connectivity index is 1.32. The molecule has 0 atom stereocenters. The molecular formula is C21H24N4O2. The average Bonchev–Trinajstić information content (AvgIpc) is 3.13. The Hall–Kier alpha value is -2.86. The van der Waals surface area contributed by atoms with Gasteiger partial charge in [-0.3, -0.25) is 9.69 Å². The lowest BCUT2D eigenvalue weighted by Gasteiger charge is -2.30. The lowest BCUT2D eigenvalue weighted by atomic mass is 9.96. The molecular weight excluding hydrogens is 340 g/mol. The number of anilines is 1. The standard InChI is InChI=1S/C21H24N4O2/c1-27-19-9-5-4-8-18(19)22-20(26)14-25-12-10-15(11-13-25)21-23-16-6-2-3-7-17(16)24-21/h2-9,15H,10-14H2,1H3,(H,22,26)(H,23,24). The van der Waals surface area contributed by atoms with Crippen LogP contribution >= 0.6 is 0 Å². The minimum atomic E-state index is -0.0123. The first-order valence-electron chi connectivity index (χ1n) is 9.33. The first kappa shape index (κ1) is 17.5. The number of rotatable bonds is 5. The molecule has 0 bridgehead atoms. The quantitative estimate of drug-likeness (QED) is 0.728. The zero-order valence-electron chi connectivity index (χ0n) is 15.4. The number of hydrogen-bond donors (Lipinski definition) is 2. The van der Waals surface area contributed by atoms with Crippen LogP contribution in [-0.2, 0) is 4.79 Å². The zero-order valence-corrected chi connectivity index (χ0v) is 15.4. The number of aromatic amines is 1. The van der Waals surface area contributed by atoms with Gasteiger partial charge in [-0.15, -0.1) is 0 Å². The van der Waals surface area contributed by atoms with E-state index >= 15 is 0 Å². The number of aromatic nitrogens is 2. The van der Waals surface area contributed by atoms with Gasteiger partial charge in [0.25, 0.3) is 0 Å². The summed E-state index contributed by atoms with van der Waals surface area (Å²) in [4.78, 5) is 22.8. The number of nitrogens with zero attached hydrogens (tertiary/aromatic N) is 2. The minimum absolute atomic E-state index is 0.0123. The number of imidazole rings is 1. The van der Waals surface area contributed by atoms with Crippen molar-refractivity contribution in [1.29, 1.82) is 0 Å². The summed E-state index contributed by atoms with van der Waals surface area (Å²) < 4.78 is 5.29. The van der Waals surface area contributed by atoms with E-state index in [1.54, 1.807) is 7.11 Å².